The number of benzene rings is 1. The van der Waals surface area contributed by atoms with E-state index < -0.39 is 0 Å². The summed E-state index contributed by atoms with van der Waals surface area (Å²) in [4.78, 5) is 7.43. The maximum absolute atomic E-state index is 4.79. The molecule has 0 aliphatic carbocycles. The number of aromatic nitrogens is 1. The Balaban J connectivity index is 0.00000121. The van der Waals surface area contributed by atoms with Crippen LogP contribution in [0.2, 0.25) is 0 Å². The van der Waals surface area contributed by atoms with Gasteiger partial charge in [-0.3, -0.25) is 4.90 Å². The van der Waals surface area contributed by atoms with Crippen LogP contribution in [-0.2, 0) is 6.54 Å². The van der Waals surface area contributed by atoms with Crippen LogP contribution in [0, 0.1) is 0 Å². The summed E-state index contributed by atoms with van der Waals surface area (Å²) in [6.45, 7) is 6.78. The molecule has 1 saturated heterocycles. The lowest BCUT2D eigenvalue weighted by Gasteiger charge is -2.33. The fourth-order valence-electron chi connectivity index (χ4n) is 3.01. The third-order valence-electron chi connectivity index (χ3n) is 4.01. The number of hydrogen-bond acceptors (Lipinski definition) is 4. The minimum absolute atomic E-state index is 0. The van der Waals surface area contributed by atoms with Crippen molar-refractivity contribution in [3.8, 4) is 0 Å². The largest absolute Gasteiger partial charge is 0.317 e. The zero-order valence-electron chi connectivity index (χ0n) is 13.0. The first-order valence-electron chi connectivity index (χ1n) is 7.66. The van der Waals surface area contributed by atoms with E-state index in [-0.39, 0.29) is 24.8 Å². The molecule has 0 amide bonds. The molecule has 0 saturated carbocycles. The highest BCUT2D eigenvalue weighted by Crippen LogP contribution is 2.24. The number of nitrogens with one attached hydrogen (secondary N) is 1. The van der Waals surface area contributed by atoms with Crippen molar-refractivity contribution in [3.63, 3.8) is 0 Å². The third kappa shape index (κ3) is 4.80. The van der Waals surface area contributed by atoms with Crippen LogP contribution in [0.4, 0.5) is 0 Å². The molecule has 1 aromatic heterocycles. The molecule has 0 spiro atoms. The summed E-state index contributed by atoms with van der Waals surface area (Å²) in [7, 11) is 0. The average molecular weight is 362 g/mol. The van der Waals surface area contributed by atoms with Gasteiger partial charge in [-0.05, 0) is 51.0 Å². The molecule has 2 heterocycles. The number of fused-ring (bicyclic) bond motifs is 1. The molecule has 124 valence electrons. The Labute approximate surface area is 149 Å². The summed E-state index contributed by atoms with van der Waals surface area (Å²) in [5, 5.41) is 4.72. The topological polar surface area (TPSA) is 28.2 Å². The number of rotatable bonds is 5. The van der Waals surface area contributed by atoms with Gasteiger partial charge < -0.3 is 5.32 Å². The van der Waals surface area contributed by atoms with Crippen molar-refractivity contribution in [3.05, 3.63) is 29.3 Å². The van der Waals surface area contributed by atoms with E-state index in [1.165, 1.54) is 35.5 Å². The van der Waals surface area contributed by atoms with E-state index in [4.69, 9.17) is 4.98 Å². The summed E-state index contributed by atoms with van der Waals surface area (Å²) in [5.74, 6) is 0. The van der Waals surface area contributed by atoms with E-state index >= 15 is 0 Å². The molecule has 3 rings (SSSR count). The first-order valence-corrected chi connectivity index (χ1v) is 8.47. The number of halogens is 2. The molecule has 1 aromatic carbocycles. The van der Waals surface area contributed by atoms with Gasteiger partial charge in [-0.2, -0.15) is 0 Å². The van der Waals surface area contributed by atoms with Crippen molar-refractivity contribution < 1.29 is 0 Å². The minimum atomic E-state index is 0. The van der Waals surface area contributed by atoms with Crippen LogP contribution in [0.15, 0.2) is 24.3 Å². The normalized spacial score (nSPS) is 15.5. The lowest BCUT2D eigenvalue weighted by atomic mass is 10.0. The summed E-state index contributed by atoms with van der Waals surface area (Å²) in [6.07, 6.45) is 3.75. The Kier molecular flexibility index (Phi) is 8.65. The highest BCUT2D eigenvalue weighted by atomic mass is 35.5. The van der Waals surface area contributed by atoms with Crippen LogP contribution in [0.25, 0.3) is 10.2 Å². The molecule has 6 heteroatoms. The maximum Gasteiger partial charge on any atom is 0.108 e. The molecular formula is C16H25Cl2N3S. The Bertz CT molecular complexity index is 522. The van der Waals surface area contributed by atoms with Gasteiger partial charge in [-0.25, -0.2) is 4.98 Å². The van der Waals surface area contributed by atoms with Crippen molar-refractivity contribution in [1.82, 2.24) is 15.2 Å². The van der Waals surface area contributed by atoms with Crippen LogP contribution in [0.3, 0.4) is 0 Å². The Morgan fingerprint density at radius 3 is 2.64 bits per heavy atom. The number of para-hydroxylation sites is 1. The smallest absolute Gasteiger partial charge is 0.108 e. The van der Waals surface area contributed by atoms with Crippen LogP contribution in [0.1, 0.15) is 31.2 Å². The molecule has 1 N–H and O–H groups in total. The van der Waals surface area contributed by atoms with E-state index in [2.05, 4.69) is 41.4 Å². The van der Waals surface area contributed by atoms with Crippen LogP contribution < -0.4 is 5.32 Å². The first-order chi connectivity index (χ1) is 9.86. The zero-order chi connectivity index (χ0) is 13.8. The second-order valence-electron chi connectivity index (χ2n) is 5.53. The van der Waals surface area contributed by atoms with Crippen molar-refractivity contribution in [1.29, 1.82) is 0 Å². The van der Waals surface area contributed by atoms with Crippen molar-refractivity contribution in [2.24, 2.45) is 0 Å². The lowest BCUT2D eigenvalue weighted by molar-refractivity contribution is 0.154. The summed E-state index contributed by atoms with van der Waals surface area (Å²) in [6, 6.07) is 9.18. The molecule has 2 aromatic rings. The monoisotopic (exact) mass is 361 g/mol. The molecule has 1 fully saturated rings. The zero-order valence-corrected chi connectivity index (χ0v) is 15.4. The van der Waals surface area contributed by atoms with E-state index in [9.17, 15) is 0 Å². The third-order valence-corrected chi connectivity index (χ3v) is 5.03. The van der Waals surface area contributed by atoms with Crippen molar-refractivity contribution in [2.45, 2.75) is 38.8 Å². The SMILES string of the molecule is CCCN(Cc1nc2ccccc2s1)C1CCNCC1.Cl.Cl. The highest BCUT2D eigenvalue weighted by molar-refractivity contribution is 7.18. The number of piperidine rings is 1. The van der Waals surface area contributed by atoms with Crippen molar-refractivity contribution >= 4 is 46.4 Å². The van der Waals surface area contributed by atoms with Gasteiger partial charge in [-0.1, -0.05) is 19.1 Å². The van der Waals surface area contributed by atoms with Gasteiger partial charge in [0.05, 0.1) is 16.8 Å². The second-order valence-corrected chi connectivity index (χ2v) is 6.64. The molecular weight excluding hydrogens is 337 g/mol. The number of nitrogens with zero attached hydrogens (tertiary/aromatic N) is 2. The van der Waals surface area contributed by atoms with Crippen LogP contribution in [-0.4, -0.2) is 35.6 Å². The minimum Gasteiger partial charge on any atom is -0.317 e. The summed E-state index contributed by atoms with van der Waals surface area (Å²) >= 11 is 1.85. The fraction of sp³-hybridized carbons (Fsp3) is 0.562. The Hall–Kier alpha value is -0.390. The Morgan fingerprint density at radius 2 is 1.95 bits per heavy atom. The Morgan fingerprint density at radius 1 is 1.23 bits per heavy atom. The molecule has 0 unspecified atom stereocenters. The second kappa shape index (κ2) is 9.68. The summed E-state index contributed by atoms with van der Waals surface area (Å²) in [5.41, 5.74) is 1.15. The summed E-state index contributed by atoms with van der Waals surface area (Å²) < 4.78 is 1.31. The molecule has 3 nitrogen and oxygen atoms in total. The number of hydrogen-bond donors (Lipinski definition) is 1. The van der Waals surface area contributed by atoms with Gasteiger partial charge in [0, 0.05) is 6.04 Å². The maximum atomic E-state index is 4.79. The predicted molar refractivity (Wildman–Crippen MR) is 101 cm³/mol. The van der Waals surface area contributed by atoms with Gasteiger partial charge in [0.2, 0.25) is 0 Å². The number of thiazole rings is 1. The van der Waals surface area contributed by atoms with Gasteiger partial charge in [-0.15, -0.1) is 36.2 Å². The van der Waals surface area contributed by atoms with E-state index in [0.29, 0.717) is 0 Å². The molecule has 1 aliphatic heterocycles. The average Bonchev–Trinajstić information content (AvgIpc) is 2.90. The predicted octanol–water partition coefficient (Wildman–Crippen LogP) is 4.10. The molecule has 22 heavy (non-hydrogen) atoms. The molecule has 0 atom stereocenters. The van der Waals surface area contributed by atoms with E-state index in [1.807, 2.05) is 11.3 Å². The van der Waals surface area contributed by atoms with E-state index in [1.54, 1.807) is 0 Å². The quantitative estimate of drug-likeness (QED) is 0.868. The lowest BCUT2D eigenvalue weighted by Crippen LogP contribution is -2.43. The first kappa shape index (κ1) is 19.7. The van der Waals surface area contributed by atoms with Crippen molar-refractivity contribution in [2.75, 3.05) is 19.6 Å². The fourth-order valence-corrected chi connectivity index (χ4v) is 4.00. The van der Waals surface area contributed by atoms with E-state index in [0.717, 1.165) is 31.2 Å². The van der Waals surface area contributed by atoms with Crippen LogP contribution in [0.5, 0.6) is 0 Å². The van der Waals surface area contributed by atoms with Gasteiger partial charge in [0.25, 0.3) is 0 Å². The molecule has 1 aliphatic rings. The van der Waals surface area contributed by atoms with Gasteiger partial charge in [0.1, 0.15) is 5.01 Å². The molecule has 0 radical (unpaired) electrons. The van der Waals surface area contributed by atoms with Gasteiger partial charge >= 0.3 is 0 Å². The standard InChI is InChI=1S/C16H23N3S.2ClH/c1-2-11-19(13-7-9-17-10-8-13)12-16-18-14-5-3-4-6-15(14)20-16;;/h3-6,13,17H,2,7-12H2,1H3;2*1H. The highest BCUT2D eigenvalue weighted by Gasteiger charge is 2.21. The molecule has 0 bridgehead atoms. The van der Waals surface area contributed by atoms with Crippen LogP contribution >= 0.6 is 36.2 Å². The van der Waals surface area contributed by atoms with Gasteiger partial charge in [0.15, 0.2) is 0 Å².